The normalized spacial score (nSPS) is 15.6. The molecule has 180 valence electrons. The van der Waals surface area contributed by atoms with E-state index in [0.29, 0.717) is 28.1 Å². The van der Waals surface area contributed by atoms with Crippen LogP contribution in [0.4, 0.5) is 17.2 Å². The fraction of sp³-hybridized carbons (Fsp3) is 0.200. The summed E-state index contributed by atoms with van der Waals surface area (Å²) in [5.74, 6) is 0.540. The van der Waals surface area contributed by atoms with Crippen LogP contribution in [0.15, 0.2) is 64.7 Å². The van der Waals surface area contributed by atoms with Crippen molar-refractivity contribution in [2.24, 2.45) is 10.4 Å². The SMILES string of the molecule is CC(C)(C)C(=O)c1c[nH]c2c1NC(c1cc(NS(=O)(=O)c3ccc(O)cc3)c3cc[nH]c3c1)C=N2. The number of carbonyl (C=O) groups excluding carboxylic acids is 1. The largest absolute Gasteiger partial charge is 0.508 e. The number of carbonyl (C=O) groups is 1. The summed E-state index contributed by atoms with van der Waals surface area (Å²) in [6, 6.07) is 10.4. The molecule has 1 aliphatic rings. The zero-order chi connectivity index (χ0) is 25.0. The lowest BCUT2D eigenvalue weighted by molar-refractivity contribution is 0.0859. The summed E-state index contributed by atoms with van der Waals surface area (Å²) in [7, 11) is -3.90. The highest BCUT2D eigenvalue weighted by Crippen LogP contribution is 2.39. The molecule has 4 aromatic rings. The van der Waals surface area contributed by atoms with Gasteiger partial charge in [-0.15, -0.1) is 0 Å². The number of nitrogens with one attached hydrogen (secondary N) is 4. The first-order valence-corrected chi connectivity index (χ1v) is 12.5. The number of aromatic nitrogens is 2. The summed E-state index contributed by atoms with van der Waals surface area (Å²) >= 11 is 0. The van der Waals surface area contributed by atoms with Crippen LogP contribution in [-0.2, 0) is 10.0 Å². The number of sulfonamides is 1. The first-order valence-electron chi connectivity index (χ1n) is 11.0. The molecule has 35 heavy (non-hydrogen) atoms. The first-order chi connectivity index (χ1) is 16.5. The van der Waals surface area contributed by atoms with Crippen LogP contribution in [0.1, 0.15) is 42.7 Å². The van der Waals surface area contributed by atoms with Crippen molar-refractivity contribution >= 4 is 50.1 Å². The zero-order valence-corrected chi connectivity index (χ0v) is 20.2. The average molecular weight is 492 g/mol. The molecule has 5 N–H and O–H groups in total. The van der Waals surface area contributed by atoms with Gasteiger partial charge < -0.3 is 20.4 Å². The standard InChI is InChI=1S/C25H25N5O4S/c1-25(2,3)23(32)18-12-27-24-22(18)29-21(13-28-24)14-10-19-17(8-9-26-19)20(11-14)30-35(33,34)16-6-4-15(31)5-7-16/h4-13,21,26-27,29-31H,1-3H3. The van der Waals surface area contributed by atoms with Gasteiger partial charge in [0.05, 0.1) is 27.9 Å². The van der Waals surface area contributed by atoms with Crippen molar-refractivity contribution in [2.45, 2.75) is 31.7 Å². The molecule has 0 aliphatic carbocycles. The Morgan fingerprint density at radius 1 is 1.09 bits per heavy atom. The molecule has 0 radical (unpaired) electrons. The van der Waals surface area contributed by atoms with Crippen molar-refractivity contribution in [1.82, 2.24) is 9.97 Å². The van der Waals surface area contributed by atoms with Crippen LogP contribution < -0.4 is 10.0 Å². The third-order valence-corrected chi connectivity index (χ3v) is 7.26. The second-order valence-corrected chi connectivity index (χ2v) is 11.2. The van der Waals surface area contributed by atoms with Gasteiger partial charge in [0.25, 0.3) is 10.0 Å². The number of ketones is 1. The van der Waals surface area contributed by atoms with Crippen molar-refractivity contribution in [3.63, 3.8) is 0 Å². The van der Waals surface area contributed by atoms with Crippen molar-refractivity contribution in [2.75, 3.05) is 10.0 Å². The fourth-order valence-electron chi connectivity index (χ4n) is 4.04. The number of H-pyrrole nitrogens is 2. The van der Waals surface area contributed by atoms with E-state index in [2.05, 4.69) is 25.0 Å². The number of aliphatic imine (C=N–C) groups is 1. The molecule has 5 rings (SSSR count). The number of rotatable bonds is 5. The van der Waals surface area contributed by atoms with Gasteiger partial charge in [0, 0.05) is 34.9 Å². The van der Waals surface area contributed by atoms with E-state index in [-0.39, 0.29) is 16.4 Å². The molecule has 10 heteroatoms. The van der Waals surface area contributed by atoms with Gasteiger partial charge in [-0.05, 0) is 48.0 Å². The Labute approximate surface area is 202 Å². The molecule has 0 bridgehead atoms. The Kier molecular flexibility index (Phi) is 5.21. The van der Waals surface area contributed by atoms with E-state index in [9.17, 15) is 18.3 Å². The highest BCUT2D eigenvalue weighted by atomic mass is 32.2. The van der Waals surface area contributed by atoms with Crippen LogP contribution in [-0.4, -0.2) is 35.5 Å². The van der Waals surface area contributed by atoms with Crippen molar-refractivity contribution in [3.8, 4) is 5.75 Å². The minimum Gasteiger partial charge on any atom is -0.508 e. The van der Waals surface area contributed by atoms with Crippen LogP contribution >= 0.6 is 0 Å². The van der Waals surface area contributed by atoms with Crippen molar-refractivity contribution in [1.29, 1.82) is 0 Å². The molecule has 3 heterocycles. The number of nitrogens with zero attached hydrogens (tertiary/aromatic N) is 1. The summed E-state index contributed by atoms with van der Waals surface area (Å²) in [6.07, 6.45) is 5.11. The second-order valence-electron chi connectivity index (χ2n) is 9.51. The van der Waals surface area contributed by atoms with Crippen LogP contribution in [0.3, 0.4) is 0 Å². The van der Waals surface area contributed by atoms with Gasteiger partial charge in [0.15, 0.2) is 11.6 Å². The molecule has 1 aliphatic heterocycles. The summed E-state index contributed by atoms with van der Waals surface area (Å²) in [5, 5.41) is 13.6. The predicted molar refractivity (Wildman–Crippen MR) is 136 cm³/mol. The highest BCUT2D eigenvalue weighted by Gasteiger charge is 2.30. The van der Waals surface area contributed by atoms with Crippen molar-refractivity contribution in [3.05, 3.63) is 66.0 Å². The number of benzene rings is 2. The fourth-order valence-corrected chi connectivity index (χ4v) is 5.11. The van der Waals surface area contributed by atoms with Crippen LogP contribution in [0.25, 0.3) is 10.9 Å². The van der Waals surface area contributed by atoms with Gasteiger partial charge in [-0.25, -0.2) is 13.4 Å². The first kappa shape index (κ1) is 22.7. The van der Waals surface area contributed by atoms with Gasteiger partial charge in [0.2, 0.25) is 0 Å². The molecule has 0 saturated carbocycles. The quantitative estimate of drug-likeness (QED) is 0.247. The molecule has 1 unspecified atom stereocenters. The lowest BCUT2D eigenvalue weighted by Gasteiger charge is -2.23. The molecule has 0 amide bonds. The lowest BCUT2D eigenvalue weighted by Crippen LogP contribution is -2.22. The van der Waals surface area contributed by atoms with Gasteiger partial charge in [-0.3, -0.25) is 9.52 Å². The Morgan fingerprint density at radius 3 is 2.54 bits per heavy atom. The Bertz CT molecular complexity index is 1570. The van der Waals surface area contributed by atoms with E-state index >= 15 is 0 Å². The van der Waals surface area contributed by atoms with Gasteiger partial charge in [0.1, 0.15) is 5.75 Å². The van der Waals surface area contributed by atoms with E-state index in [1.54, 1.807) is 30.7 Å². The maximum Gasteiger partial charge on any atom is 0.261 e. The maximum atomic E-state index is 13.0. The highest BCUT2D eigenvalue weighted by molar-refractivity contribution is 7.92. The van der Waals surface area contributed by atoms with Gasteiger partial charge >= 0.3 is 0 Å². The predicted octanol–water partition coefficient (Wildman–Crippen LogP) is 5.10. The molecular weight excluding hydrogens is 466 g/mol. The number of phenolic OH excluding ortho intramolecular Hbond substituents is 1. The zero-order valence-electron chi connectivity index (χ0n) is 19.4. The summed E-state index contributed by atoms with van der Waals surface area (Å²) in [5.41, 5.74) is 2.49. The van der Waals surface area contributed by atoms with Crippen molar-refractivity contribution < 1.29 is 18.3 Å². The van der Waals surface area contributed by atoms with E-state index in [4.69, 9.17) is 0 Å². The lowest BCUT2D eigenvalue weighted by atomic mass is 9.87. The number of anilines is 2. The van der Waals surface area contributed by atoms with Crippen LogP contribution in [0.5, 0.6) is 5.75 Å². The number of fused-ring (bicyclic) bond motifs is 2. The number of hydrogen-bond donors (Lipinski definition) is 5. The summed E-state index contributed by atoms with van der Waals surface area (Å²) in [6.45, 7) is 5.60. The van der Waals surface area contributed by atoms with E-state index in [0.717, 1.165) is 11.1 Å². The van der Waals surface area contributed by atoms with Gasteiger partial charge in [-0.1, -0.05) is 20.8 Å². The van der Waals surface area contributed by atoms with E-state index in [1.165, 1.54) is 24.3 Å². The topological polar surface area (TPSA) is 139 Å². The molecule has 1 atom stereocenters. The smallest absolute Gasteiger partial charge is 0.261 e. The van der Waals surface area contributed by atoms with Gasteiger partial charge in [-0.2, -0.15) is 0 Å². The van der Waals surface area contributed by atoms with E-state index in [1.807, 2.05) is 26.8 Å². The third kappa shape index (κ3) is 4.17. The molecule has 2 aromatic heterocycles. The number of hydrogen-bond acceptors (Lipinski definition) is 6. The number of Topliss-reactive ketones (excluding diaryl/α,β-unsaturated/α-hetero) is 1. The molecular formula is C25H25N5O4S. The Balaban J connectivity index is 1.51. The molecule has 0 spiro atoms. The maximum absolute atomic E-state index is 13.0. The summed E-state index contributed by atoms with van der Waals surface area (Å²) < 4.78 is 28.7. The van der Waals surface area contributed by atoms with Crippen LogP contribution in [0, 0.1) is 5.41 Å². The van der Waals surface area contributed by atoms with Crippen LogP contribution in [0.2, 0.25) is 0 Å². The number of aromatic amines is 2. The number of aromatic hydroxyl groups is 1. The number of phenols is 1. The summed E-state index contributed by atoms with van der Waals surface area (Å²) in [4.78, 5) is 23.6. The minimum absolute atomic E-state index is 0.0134. The average Bonchev–Trinajstić information content (AvgIpc) is 3.44. The minimum atomic E-state index is -3.90. The molecule has 9 nitrogen and oxygen atoms in total. The molecule has 2 aromatic carbocycles. The third-order valence-electron chi connectivity index (χ3n) is 5.88. The Morgan fingerprint density at radius 2 is 1.83 bits per heavy atom. The monoisotopic (exact) mass is 491 g/mol. The molecule has 0 fully saturated rings. The molecule has 0 saturated heterocycles. The van der Waals surface area contributed by atoms with E-state index < -0.39 is 21.5 Å². The Hall–Kier alpha value is -4.05. The second kappa shape index (κ2) is 8.02.